The highest BCUT2D eigenvalue weighted by Crippen LogP contribution is 2.25. The van der Waals surface area contributed by atoms with E-state index in [4.69, 9.17) is 9.47 Å². The lowest BCUT2D eigenvalue weighted by Crippen LogP contribution is -2.28. The highest BCUT2D eigenvalue weighted by molar-refractivity contribution is 5.53. The van der Waals surface area contributed by atoms with Gasteiger partial charge >= 0.3 is 0 Å². The molecule has 18 heavy (non-hydrogen) atoms. The van der Waals surface area contributed by atoms with Gasteiger partial charge in [0.05, 0.1) is 14.2 Å². The maximum atomic E-state index is 5.24. The van der Waals surface area contributed by atoms with Crippen LogP contribution in [0.3, 0.4) is 0 Å². The van der Waals surface area contributed by atoms with Crippen molar-refractivity contribution in [2.45, 2.75) is 13.8 Å². The van der Waals surface area contributed by atoms with Gasteiger partial charge in [-0.3, -0.25) is 0 Å². The van der Waals surface area contributed by atoms with E-state index >= 15 is 0 Å². The van der Waals surface area contributed by atoms with Crippen LogP contribution >= 0.6 is 0 Å². The zero-order chi connectivity index (χ0) is 13.4. The molecule has 0 heterocycles. The lowest BCUT2D eigenvalue weighted by atomic mass is 10.2. The molecular formula is C14H24N2O2. The standard InChI is InChI=1S/C14H24N2O2/c1-5-16(6-2)8-7-15-12-9-13(17-3)11-14(10-12)18-4/h9-11,15H,5-8H2,1-4H3. The van der Waals surface area contributed by atoms with Gasteiger partial charge in [-0.1, -0.05) is 13.8 Å². The van der Waals surface area contributed by atoms with E-state index in [1.54, 1.807) is 14.2 Å². The molecule has 1 N–H and O–H groups in total. The van der Waals surface area contributed by atoms with Crippen molar-refractivity contribution >= 4 is 5.69 Å². The molecule has 0 aliphatic carbocycles. The van der Waals surface area contributed by atoms with Crippen LogP contribution in [0.5, 0.6) is 11.5 Å². The smallest absolute Gasteiger partial charge is 0.124 e. The van der Waals surface area contributed by atoms with E-state index in [0.717, 1.165) is 43.4 Å². The fourth-order valence-electron chi connectivity index (χ4n) is 1.81. The first-order valence-electron chi connectivity index (χ1n) is 6.42. The quantitative estimate of drug-likeness (QED) is 0.770. The van der Waals surface area contributed by atoms with Gasteiger partial charge in [0.25, 0.3) is 0 Å². The summed E-state index contributed by atoms with van der Waals surface area (Å²) < 4.78 is 10.5. The SMILES string of the molecule is CCN(CC)CCNc1cc(OC)cc(OC)c1. The summed E-state index contributed by atoms with van der Waals surface area (Å²) in [6.45, 7) is 8.47. The molecule has 102 valence electrons. The molecule has 0 aliphatic rings. The van der Waals surface area contributed by atoms with Crippen LogP contribution in [0.2, 0.25) is 0 Å². The van der Waals surface area contributed by atoms with Gasteiger partial charge in [-0.25, -0.2) is 0 Å². The third-order valence-electron chi connectivity index (χ3n) is 3.00. The normalized spacial score (nSPS) is 10.5. The number of anilines is 1. The second-order valence-electron chi connectivity index (χ2n) is 4.06. The Balaban J connectivity index is 2.55. The summed E-state index contributed by atoms with van der Waals surface area (Å²) in [6, 6.07) is 5.82. The van der Waals surface area contributed by atoms with Crippen LogP contribution in [-0.2, 0) is 0 Å². The van der Waals surface area contributed by atoms with Crippen LogP contribution in [-0.4, -0.2) is 45.3 Å². The molecule has 0 atom stereocenters. The summed E-state index contributed by atoms with van der Waals surface area (Å²) in [5.41, 5.74) is 1.03. The van der Waals surface area contributed by atoms with E-state index in [0.29, 0.717) is 0 Å². The molecule has 1 rings (SSSR count). The van der Waals surface area contributed by atoms with Crippen molar-refractivity contribution < 1.29 is 9.47 Å². The van der Waals surface area contributed by atoms with Crippen molar-refractivity contribution in [3.8, 4) is 11.5 Å². The van der Waals surface area contributed by atoms with Crippen molar-refractivity contribution in [3.63, 3.8) is 0 Å². The summed E-state index contributed by atoms with van der Waals surface area (Å²) in [5, 5.41) is 3.39. The van der Waals surface area contributed by atoms with Gasteiger partial charge in [0.15, 0.2) is 0 Å². The molecule has 0 unspecified atom stereocenters. The van der Waals surface area contributed by atoms with E-state index in [9.17, 15) is 0 Å². The van der Waals surface area contributed by atoms with E-state index in [1.165, 1.54) is 0 Å². The van der Waals surface area contributed by atoms with Gasteiger partial charge in [0.2, 0.25) is 0 Å². The highest BCUT2D eigenvalue weighted by atomic mass is 16.5. The number of nitrogens with zero attached hydrogens (tertiary/aromatic N) is 1. The summed E-state index contributed by atoms with van der Waals surface area (Å²) in [5.74, 6) is 1.61. The monoisotopic (exact) mass is 252 g/mol. The van der Waals surface area contributed by atoms with Crippen molar-refractivity contribution in [2.75, 3.05) is 45.7 Å². The lowest BCUT2D eigenvalue weighted by Gasteiger charge is -2.18. The first kappa shape index (κ1) is 14.6. The zero-order valence-corrected chi connectivity index (χ0v) is 11.8. The maximum absolute atomic E-state index is 5.24. The van der Waals surface area contributed by atoms with E-state index in [1.807, 2.05) is 18.2 Å². The van der Waals surface area contributed by atoms with Gasteiger partial charge in [0, 0.05) is 37.0 Å². The summed E-state index contributed by atoms with van der Waals surface area (Å²) in [6.07, 6.45) is 0. The van der Waals surface area contributed by atoms with Crippen LogP contribution in [0.1, 0.15) is 13.8 Å². The maximum Gasteiger partial charge on any atom is 0.124 e. The van der Waals surface area contributed by atoms with Crippen LogP contribution in [0.15, 0.2) is 18.2 Å². The van der Waals surface area contributed by atoms with E-state index < -0.39 is 0 Å². The van der Waals surface area contributed by atoms with Crippen LogP contribution in [0.25, 0.3) is 0 Å². The molecule has 1 aromatic rings. The number of ether oxygens (including phenoxy) is 2. The topological polar surface area (TPSA) is 33.7 Å². The highest BCUT2D eigenvalue weighted by Gasteiger charge is 2.02. The molecule has 1 aromatic carbocycles. The Hall–Kier alpha value is -1.42. The van der Waals surface area contributed by atoms with E-state index in [2.05, 4.69) is 24.1 Å². The van der Waals surface area contributed by atoms with Crippen LogP contribution in [0, 0.1) is 0 Å². The number of likely N-dealkylation sites (N-methyl/N-ethyl adjacent to an activating group) is 1. The largest absolute Gasteiger partial charge is 0.497 e. The molecule has 0 fully saturated rings. The number of benzene rings is 1. The Kier molecular flexibility index (Phi) is 6.36. The minimum absolute atomic E-state index is 0.805. The summed E-state index contributed by atoms with van der Waals surface area (Å²) >= 11 is 0. The second-order valence-corrected chi connectivity index (χ2v) is 4.06. The zero-order valence-electron chi connectivity index (χ0n) is 11.8. The lowest BCUT2D eigenvalue weighted by molar-refractivity contribution is 0.316. The number of rotatable bonds is 8. The van der Waals surface area contributed by atoms with E-state index in [-0.39, 0.29) is 0 Å². The summed E-state index contributed by atoms with van der Waals surface area (Å²) in [7, 11) is 3.32. The predicted molar refractivity (Wildman–Crippen MR) is 75.8 cm³/mol. The molecule has 0 amide bonds. The molecule has 0 bridgehead atoms. The third kappa shape index (κ3) is 4.45. The second kappa shape index (κ2) is 7.82. The average Bonchev–Trinajstić information content (AvgIpc) is 2.43. The van der Waals surface area contributed by atoms with Crippen molar-refractivity contribution in [2.24, 2.45) is 0 Å². The van der Waals surface area contributed by atoms with Crippen molar-refractivity contribution in [1.29, 1.82) is 0 Å². The summed E-state index contributed by atoms with van der Waals surface area (Å²) in [4.78, 5) is 2.38. The average molecular weight is 252 g/mol. The van der Waals surface area contributed by atoms with Gasteiger partial charge in [-0.15, -0.1) is 0 Å². The number of methoxy groups -OCH3 is 2. The molecule has 0 aromatic heterocycles. The molecule has 4 heteroatoms. The predicted octanol–water partition coefficient (Wildman–Crippen LogP) is 2.46. The van der Waals surface area contributed by atoms with Gasteiger partial charge in [-0.05, 0) is 13.1 Å². The molecule has 0 radical (unpaired) electrons. The van der Waals surface area contributed by atoms with Gasteiger partial charge in [0.1, 0.15) is 11.5 Å². The molecular weight excluding hydrogens is 228 g/mol. The van der Waals surface area contributed by atoms with Gasteiger partial charge in [-0.2, -0.15) is 0 Å². The number of hydrogen-bond donors (Lipinski definition) is 1. The molecule has 0 aliphatic heterocycles. The van der Waals surface area contributed by atoms with Gasteiger partial charge < -0.3 is 19.7 Å². The Morgan fingerprint density at radius 2 is 1.56 bits per heavy atom. The van der Waals surface area contributed by atoms with Crippen LogP contribution < -0.4 is 14.8 Å². The molecule has 4 nitrogen and oxygen atoms in total. The number of nitrogens with one attached hydrogen (secondary N) is 1. The minimum Gasteiger partial charge on any atom is -0.497 e. The molecule has 0 spiro atoms. The van der Waals surface area contributed by atoms with Crippen LogP contribution in [0.4, 0.5) is 5.69 Å². The minimum atomic E-state index is 0.805. The number of hydrogen-bond acceptors (Lipinski definition) is 4. The fraction of sp³-hybridized carbons (Fsp3) is 0.571. The first-order valence-corrected chi connectivity index (χ1v) is 6.42. The van der Waals surface area contributed by atoms with Crippen molar-refractivity contribution in [3.05, 3.63) is 18.2 Å². The Bertz CT molecular complexity index is 329. The Morgan fingerprint density at radius 3 is 2.00 bits per heavy atom. The molecule has 0 saturated heterocycles. The fourth-order valence-corrected chi connectivity index (χ4v) is 1.81. The first-order chi connectivity index (χ1) is 8.73. The Labute approximate surface area is 110 Å². The molecule has 0 saturated carbocycles. The Morgan fingerprint density at radius 1 is 1.00 bits per heavy atom. The third-order valence-corrected chi connectivity index (χ3v) is 3.00. The van der Waals surface area contributed by atoms with Crippen molar-refractivity contribution in [1.82, 2.24) is 4.90 Å².